The summed E-state index contributed by atoms with van der Waals surface area (Å²) in [6, 6.07) is 18.2. The Morgan fingerprint density at radius 3 is 1.59 bits per heavy atom. The van der Waals surface area contributed by atoms with E-state index in [0.29, 0.717) is 112 Å². The number of nitrogens with one attached hydrogen (secondary N) is 2. The molecule has 0 saturated heterocycles. The maximum atomic E-state index is 13.7. The van der Waals surface area contributed by atoms with Gasteiger partial charge in [-0.1, -0.05) is 30.3 Å². The van der Waals surface area contributed by atoms with Crippen molar-refractivity contribution in [1.29, 1.82) is 0 Å². The highest BCUT2D eigenvalue weighted by molar-refractivity contribution is 6.26. The molecule has 0 spiro atoms. The van der Waals surface area contributed by atoms with Crippen molar-refractivity contribution in [3.63, 3.8) is 0 Å². The van der Waals surface area contributed by atoms with Gasteiger partial charge in [0.15, 0.2) is 5.94 Å². The Labute approximate surface area is 341 Å². The van der Waals surface area contributed by atoms with Gasteiger partial charge >= 0.3 is 0 Å². The van der Waals surface area contributed by atoms with Gasteiger partial charge in [0, 0.05) is 81.0 Å². The van der Waals surface area contributed by atoms with Crippen LogP contribution in [0.3, 0.4) is 0 Å². The van der Waals surface area contributed by atoms with Gasteiger partial charge < -0.3 is 50.5 Å². The van der Waals surface area contributed by atoms with E-state index in [4.69, 9.17) is 39.9 Å². The van der Waals surface area contributed by atoms with Gasteiger partial charge in [0.25, 0.3) is 17.4 Å². The normalized spacial score (nSPS) is 12.6. The summed E-state index contributed by atoms with van der Waals surface area (Å²) in [4.78, 5) is 54.1. The lowest BCUT2D eigenvalue weighted by molar-refractivity contribution is 0.0320. The molecule has 6 rings (SSSR count). The summed E-state index contributed by atoms with van der Waals surface area (Å²) in [6.45, 7) is 6.63. The average molecular weight is 813 g/mol. The number of imide groups is 1. The Bertz CT molecular complexity index is 2330. The minimum Gasteiger partial charge on any atom is -0.382 e. The molecule has 16 heteroatoms. The Morgan fingerprint density at radius 1 is 0.508 bits per heavy atom. The van der Waals surface area contributed by atoms with Crippen LogP contribution < -0.4 is 33.0 Å². The first-order valence-electron chi connectivity index (χ1n) is 19.9. The number of amides is 2. The number of carbonyl (C=O) groups is 2. The molecule has 16 nitrogen and oxygen atoms in total. The standard InChI is InChI=1S/C43H52N6O10/c44-11-17-54-23-25-56-19-13-46-36-9-7-34-39-30(36)3-1-5-32(39)38(29-50)48(41(34)51)15-21-58-27-28-59-22-16-49-42(52)33-6-2-4-31-37(10-8-35(40(31)33)43(49)53)47-14-20-57-26-24-55-18-12-45/h1-10,46-47H,11-28,44-45H2. The highest BCUT2D eigenvalue weighted by Crippen LogP contribution is 2.34. The first-order chi connectivity index (χ1) is 29.0. The van der Waals surface area contributed by atoms with Gasteiger partial charge in [-0.2, -0.15) is 0 Å². The quantitative estimate of drug-likeness (QED) is 0.0440. The van der Waals surface area contributed by atoms with Crippen molar-refractivity contribution in [3.8, 4) is 0 Å². The zero-order chi connectivity index (χ0) is 41.4. The number of nitrogens with zero attached hydrogens (tertiary/aromatic N) is 2. The fourth-order valence-corrected chi connectivity index (χ4v) is 7.12. The van der Waals surface area contributed by atoms with Crippen molar-refractivity contribution in [2.24, 2.45) is 11.5 Å². The van der Waals surface area contributed by atoms with Gasteiger partial charge in [0.2, 0.25) is 0 Å². The molecule has 0 unspecified atom stereocenters. The molecule has 0 bridgehead atoms. The second-order valence-electron chi connectivity index (χ2n) is 13.6. The van der Waals surface area contributed by atoms with E-state index in [1.165, 1.54) is 9.47 Å². The largest absolute Gasteiger partial charge is 0.382 e. The van der Waals surface area contributed by atoms with Crippen molar-refractivity contribution >= 4 is 61.4 Å². The van der Waals surface area contributed by atoms with Crippen LogP contribution in [-0.2, 0) is 39.8 Å². The van der Waals surface area contributed by atoms with E-state index in [-0.39, 0.29) is 62.2 Å². The third-order valence-electron chi connectivity index (χ3n) is 9.81. The van der Waals surface area contributed by atoms with Gasteiger partial charge in [-0.3, -0.25) is 23.9 Å². The van der Waals surface area contributed by atoms with Crippen molar-refractivity contribution in [2.45, 2.75) is 6.54 Å². The maximum Gasteiger partial charge on any atom is 0.261 e. The SMILES string of the molecule is NCCOCCOCCNc1ccc2c3c(cccc13)C(=O)N(CCOCCOCCn1c(=O)c3ccc(NCCOCCOCCN)c4cccc(c1=C=O)c43)C2=O. The highest BCUT2D eigenvalue weighted by atomic mass is 16.5. The third-order valence-corrected chi connectivity index (χ3v) is 9.81. The van der Waals surface area contributed by atoms with Gasteiger partial charge in [0.05, 0.1) is 92.4 Å². The maximum absolute atomic E-state index is 13.7. The molecule has 1 aliphatic rings. The number of benzene rings is 4. The molecule has 0 radical (unpaired) electrons. The van der Waals surface area contributed by atoms with E-state index in [0.717, 1.165) is 22.1 Å². The average Bonchev–Trinajstić information content (AvgIpc) is 3.25. The van der Waals surface area contributed by atoms with Gasteiger partial charge in [-0.05, 0) is 30.3 Å². The summed E-state index contributed by atoms with van der Waals surface area (Å²) < 4.78 is 34.7. The van der Waals surface area contributed by atoms with Crippen molar-refractivity contribution in [3.05, 3.63) is 87.5 Å². The molecule has 2 amide bonds. The van der Waals surface area contributed by atoms with Crippen molar-refractivity contribution in [2.75, 3.05) is 123 Å². The van der Waals surface area contributed by atoms with E-state index in [1.54, 1.807) is 24.3 Å². The lowest BCUT2D eigenvalue weighted by atomic mass is 9.93. The third kappa shape index (κ3) is 10.5. The molecule has 2 heterocycles. The number of ether oxygens (including phenoxy) is 6. The molecular weight excluding hydrogens is 761 g/mol. The van der Waals surface area contributed by atoms with Crippen molar-refractivity contribution in [1.82, 2.24) is 9.47 Å². The van der Waals surface area contributed by atoms with Crippen LogP contribution in [0.4, 0.5) is 11.4 Å². The van der Waals surface area contributed by atoms with E-state index in [1.807, 2.05) is 42.3 Å². The van der Waals surface area contributed by atoms with Crippen LogP contribution in [0.1, 0.15) is 20.7 Å². The number of pyridine rings is 1. The number of hydrogen-bond donors (Lipinski definition) is 4. The number of anilines is 2. The zero-order valence-electron chi connectivity index (χ0n) is 33.1. The van der Waals surface area contributed by atoms with Crippen LogP contribution >= 0.6 is 0 Å². The predicted molar refractivity (Wildman–Crippen MR) is 225 cm³/mol. The fraction of sp³-hybridized carbons (Fsp3) is 0.419. The lowest BCUT2D eigenvalue weighted by Crippen LogP contribution is -2.42. The number of carbonyl (C=O) groups excluding carboxylic acids is 3. The number of nitrogens with two attached hydrogens (primary N) is 2. The van der Waals surface area contributed by atoms with E-state index in [9.17, 15) is 19.2 Å². The number of rotatable bonds is 27. The molecule has 0 atom stereocenters. The smallest absolute Gasteiger partial charge is 0.261 e. The van der Waals surface area contributed by atoms with E-state index < -0.39 is 0 Å². The monoisotopic (exact) mass is 812 g/mol. The fourth-order valence-electron chi connectivity index (χ4n) is 7.12. The molecule has 314 valence electrons. The van der Waals surface area contributed by atoms with Crippen LogP contribution in [0.15, 0.2) is 65.5 Å². The molecule has 0 aliphatic carbocycles. The van der Waals surface area contributed by atoms with E-state index >= 15 is 0 Å². The Kier molecular flexibility index (Phi) is 16.3. The molecule has 5 aromatic rings. The van der Waals surface area contributed by atoms with Crippen LogP contribution in [0.25, 0.3) is 32.3 Å². The number of aromatic nitrogens is 1. The first kappa shape index (κ1) is 43.3. The second-order valence-corrected chi connectivity index (χ2v) is 13.6. The minimum atomic E-state index is -0.383. The summed E-state index contributed by atoms with van der Waals surface area (Å²) in [5.41, 5.74) is 13.1. The van der Waals surface area contributed by atoms with Gasteiger partial charge in [0.1, 0.15) is 5.35 Å². The molecule has 6 N–H and O–H groups in total. The lowest BCUT2D eigenvalue weighted by Gasteiger charge is -2.27. The molecule has 1 aromatic heterocycles. The Balaban J connectivity index is 0.966. The summed E-state index contributed by atoms with van der Waals surface area (Å²) in [6.07, 6.45) is 0. The Morgan fingerprint density at radius 2 is 1.00 bits per heavy atom. The molecule has 0 saturated carbocycles. The van der Waals surface area contributed by atoms with Gasteiger partial charge in [-0.25, -0.2) is 4.79 Å². The van der Waals surface area contributed by atoms with Gasteiger partial charge in [-0.15, -0.1) is 0 Å². The second kappa shape index (κ2) is 22.2. The summed E-state index contributed by atoms with van der Waals surface area (Å²) in [5.74, 6) is 1.22. The van der Waals surface area contributed by atoms with E-state index in [2.05, 4.69) is 10.6 Å². The topological polar surface area (TPSA) is 208 Å². The summed E-state index contributed by atoms with van der Waals surface area (Å²) >= 11 is 0. The highest BCUT2D eigenvalue weighted by Gasteiger charge is 2.33. The molecular formula is C43H52N6O10. The zero-order valence-corrected chi connectivity index (χ0v) is 33.1. The Hall–Kier alpha value is -5.26. The molecule has 0 fully saturated rings. The van der Waals surface area contributed by atoms with Crippen molar-refractivity contribution < 1.29 is 42.8 Å². The van der Waals surface area contributed by atoms with Crippen LogP contribution in [-0.4, -0.2) is 139 Å². The summed E-state index contributed by atoms with van der Waals surface area (Å²) in [5, 5.41) is 10.9. The van der Waals surface area contributed by atoms with Crippen LogP contribution in [0.5, 0.6) is 0 Å². The van der Waals surface area contributed by atoms with Crippen LogP contribution in [0.2, 0.25) is 0 Å². The summed E-state index contributed by atoms with van der Waals surface area (Å²) in [7, 11) is 0. The number of hydrogen-bond acceptors (Lipinski definition) is 14. The molecule has 4 aromatic carbocycles. The molecule has 1 aliphatic heterocycles. The van der Waals surface area contributed by atoms with Crippen LogP contribution in [0, 0.1) is 0 Å². The molecule has 59 heavy (non-hydrogen) atoms. The first-order valence-corrected chi connectivity index (χ1v) is 19.9. The minimum absolute atomic E-state index is 0.0661. The predicted octanol–water partition coefficient (Wildman–Crippen LogP) is 1.67.